The van der Waals surface area contributed by atoms with E-state index in [1.165, 1.54) is 18.2 Å². The summed E-state index contributed by atoms with van der Waals surface area (Å²) < 4.78 is 0. The Morgan fingerprint density at radius 1 is 1.50 bits per heavy atom. The minimum absolute atomic E-state index is 0.206. The lowest BCUT2D eigenvalue weighted by molar-refractivity contribution is 0.0216. The van der Waals surface area contributed by atoms with E-state index >= 15 is 0 Å². The van der Waals surface area contributed by atoms with Crippen LogP contribution in [0.25, 0.3) is 0 Å². The Morgan fingerprint density at radius 3 is 2.75 bits per heavy atom. The van der Waals surface area contributed by atoms with Gasteiger partial charge in [-0.1, -0.05) is 17.7 Å². The molecule has 0 aliphatic carbocycles. The molecule has 5 heteroatoms. The van der Waals surface area contributed by atoms with Crippen LogP contribution in [-0.2, 0) is 0 Å². The minimum Gasteiger partial charge on any atom is -0.389 e. The number of aldehydes is 1. The van der Waals surface area contributed by atoms with Crippen molar-refractivity contribution in [2.45, 2.75) is 18.6 Å². The predicted molar refractivity (Wildman–Crippen MR) is 58.0 cm³/mol. The summed E-state index contributed by atoms with van der Waals surface area (Å²) in [5.41, 5.74) is 0.594. The van der Waals surface area contributed by atoms with Crippen molar-refractivity contribution in [1.82, 2.24) is 0 Å². The molecule has 0 aliphatic rings. The van der Waals surface area contributed by atoms with Crippen molar-refractivity contribution in [2.24, 2.45) is 0 Å². The van der Waals surface area contributed by atoms with Crippen LogP contribution in [0.4, 0.5) is 0 Å². The summed E-state index contributed by atoms with van der Waals surface area (Å²) in [6.07, 6.45) is -2.08. The molecule has 2 atom stereocenters. The van der Waals surface area contributed by atoms with Gasteiger partial charge in [-0.05, 0) is 12.1 Å². The Labute approximate surface area is 97.7 Å². The Bertz CT molecular complexity index is 428. The first-order valence-electron chi connectivity index (χ1n) is 4.58. The quantitative estimate of drug-likeness (QED) is 0.780. The summed E-state index contributed by atoms with van der Waals surface area (Å²) in [6.45, 7) is 0. The Kier molecular flexibility index (Phi) is 4.44. The van der Waals surface area contributed by atoms with Crippen molar-refractivity contribution >= 4 is 17.9 Å². The highest BCUT2D eigenvalue weighted by molar-refractivity contribution is 6.31. The second-order valence-electron chi connectivity index (χ2n) is 3.27. The van der Waals surface area contributed by atoms with Crippen molar-refractivity contribution in [3.63, 3.8) is 0 Å². The number of hydrogen-bond donors (Lipinski definition) is 2. The fraction of sp³-hybridized carbons (Fsp3) is 0.273. The van der Waals surface area contributed by atoms with Crippen LogP contribution in [0.15, 0.2) is 18.2 Å². The van der Waals surface area contributed by atoms with E-state index in [0.29, 0.717) is 11.8 Å². The molecule has 0 aromatic heterocycles. The molecule has 1 aromatic carbocycles. The average molecular weight is 240 g/mol. The fourth-order valence-electron chi connectivity index (χ4n) is 1.27. The number of carbonyl (C=O) groups excluding carboxylic acids is 1. The zero-order valence-corrected chi connectivity index (χ0v) is 9.05. The third-order valence-electron chi connectivity index (χ3n) is 2.14. The van der Waals surface area contributed by atoms with Crippen LogP contribution in [0, 0.1) is 11.3 Å². The van der Waals surface area contributed by atoms with E-state index in [1.54, 1.807) is 6.07 Å². The summed E-state index contributed by atoms with van der Waals surface area (Å²) in [6, 6.07) is 6.10. The zero-order chi connectivity index (χ0) is 12.1. The number of rotatable bonds is 4. The van der Waals surface area contributed by atoms with Crippen molar-refractivity contribution < 1.29 is 15.0 Å². The van der Waals surface area contributed by atoms with Crippen LogP contribution in [-0.4, -0.2) is 22.6 Å². The van der Waals surface area contributed by atoms with E-state index in [9.17, 15) is 15.0 Å². The van der Waals surface area contributed by atoms with Crippen molar-refractivity contribution in [1.29, 1.82) is 5.26 Å². The first-order chi connectivity index (χ1) is 7.60. The van der Waals surface area contributed by atoms with Gasteiger partial charge in [-0.25, -0.2) is 0 Å². The molecule has 1 aromatic rings. The molecule has 0 saturated heterocycles. The summed E-state index contributed by atoms with van der Waals surface area (Å²) in [4.78, 5) is 10.5. The maximum Gasteiger partial charge on any atom is 0.150 e. The topological polar surface area (TPSA) is 81.3 Å². The second-order valence-corrected chi connectivity index (χ2v) is 3.68. The number of aliphatic hydroxyl groups excluding tert-OH is 2. The largest absolute Gasteiger partial charge is 0.389 e. The van der Waals surface area contributed by atoms with E-state index in [2.05, 4.69) is 0 Å². The number of hydrogen-bond acceptors (Lipinski definition) is 4. The van der Waals surface area contributed by atoms with Crippen LogP contribution >= 0.6 is 11.6 Å². The summed E-state index contributed by atoms with van der Waals surface area (Å²) in [5, 5.41) is 27.8. The molecule has 0 heterocycles. The molecule has 4 nitrogen and oxygen atoms in total. The highest BCUT2D eigenvalue weighted by atomic mass is 35.5. The third kappa shape index (κ3) is 2.80. The molecule has 0 bridgehead atoms. The van der Waals surface area contributed by atoms with Gasteiger partial charge in [0.2, 0.25) is 0 Å². The summed E-state index contributed by atoms with van der Waals surface area (Å²) in [7, 11) is 0. The van der Waals surface area contributed by atoms with Crippen LogP contribution in [0.5, 0.6) is 0 Å². The van der Waals surface area contributed by atoms with Gasteiger partial charge in [0.25, 0.3) is 0 Å². The first-order valence-corrected chi connectivity index (χ1v) is 4.95. The predicted octanol–water partition coefficient (Wildman–Crippen LogP) is 1.46. The van der Waals surface area contributed by atoms with Gasteiger partial charge in [0.15, 0.2) is 0 Å². The lowest BCUT2D eigenvalue weighted by atomic mass is 10.0. The number of benzene rings is 1. The number of carbonyl (C=O) groups is 1. The molecular formula is C11H10ClNO3. The van der Waals surface area contributed by atoms with E-state index in [4.69, 9.17) is 16.9 Å². The van der Waals surface area contributed by atoms with E-state index in [-0.39, 0.29) is 17.0 Å². The summed E-state index contributed by atoms with van der Waals surface area (Å²) in [5.74, 6) is 0. The van der Waals surface area contributed by atoms with Gasteiger partial charge in [-0.2, -0.15) is 5.26 Å². The third-order valence-corrected chi connectivity index (χ3v) is 2.48. The molecule has 0 fully saturated rings. The highest BCUT2D eigenvalue weighted by Crippen LogP contribution is 2.27. The van der Waals surface area contributed by atoms with Crippen LogP contribution in [0.1, 0.15) is 28.4 Å². The Hall–Kier alpha value is -1.41. The number of halogens is 1. The van der Waals surface area contributed by atoms with E-state index in [1.807, 2.05) is 0 Å². The smallest absolute Gasteiger partial charge is 0.150 e. The molecule has 0 spiro atoms. The van der Waals surface area contributed by atoms with Gasteiger partial charge in [0, 0.05) is 16.1 Å². The molecule has 84 valence electrons. The number of nitriles is 1. The fourth-order valence-corrected chi connectivity index (χ4v) is 1.50. The van der Waals surface area contributed by atoms with Crippen molar-refractivity contribution in [3.8, 4) is 6.07 Å². The molecule has 2 N–H and O–H groups in total. The molecule has 0 radical (unpaired) electrons. The second kappa shape index (κ2) is 5.61. The van der Waals surface area contributed by atoms with Gasteiger partial charge < -0.3 is 10.2 Å². The van der Waals surface area contributed by atoms with Crippen LogP contribution in [0.2, 0.25) is 5.02 Å². The van der Waals surface area contributed by atoms with Gasteiger partial charge in [0.05, 0.1) is 18.6 Å². The molecule has 16 heavy (non-hydrogen) atoms. The average Bonchev–Trinajstić information content (AvgIpc) is 2.29. The molecule has 2 unspecified atom stereocenters. The van der Waals surface area contributed by atoms with Crippen molar-refractivity contribution in [2.75, 3.05) is 0 Å². The minimum atomic E-state index is -1.27. The maximum absolute atomic E-state index is 10.5. The number of aliphatic hydroxyl groups is 2. The highest BCUT2D eigenvalue weighted by Gasteiger charge is 2.20. The molecule has 0 saturated carbocycles. The van der Waals surface area contributed by atoms with E-state index < -0.39 is 12.2 Å². The monoisotopic (exact) mass is 239 g/mol. The van der Waals surface area contributed by atoms with Crippen LogP contribution < -0.4 is 0 Å². The number of nitrogens with zero attached hydrogens (tertiary/aromatic N) is 1. The Morgan fingerprint density at radius 2 is 2.19 bits per heavy atom. The maximum atomic E-state index is 10.5. The molecule has 0 amide bonds. The van der Waals surface area contributed by atoms with Crippen molar-refractivity contribution in [3.05, 3.63) is 34.3 Å². The molecular weight excluding hydrogens is 230 g/mol. The van der Waals surface area contributed by atoms with E-state index in [0.717, 1.165) is 0 Å². The van der Waals surface area contributed by atoms with Crippen LogP contribution in [0.3, 0.4) is 0 Å². The standard InChI is InChI=1S/C11H10ClNO3/c12-9-2-1-7(6-14)5-8(9)11(16)10(15)3-4-13/h1-2,5-6,10-11,15-16H,3H2. The van der Waals surface area contributed by atoms with Gasteiger partial charge in [-0.15, -0.1) is 0 Å². The van der Waals surface area contributed by atoms with Gasteiger partial charge in [0.1, 0.15) is 12.4 Å². The SMILES string of the molecule is N#CCC(O)C(O)c1cc(C=O)ccc1Cl. The molecule has 0 aliphatic heterocycles. The first kappa shape index (κ1) is 12.7. The zero-order valence-electron chi connectivity index (χ0n) is 8.30. The molecule has 1 rings (SSSR count). The van der Waals surface area contributed by atoms with Gasteiger partial charge in [-0.3, -0.25) is 4.79 Å². The Balaban J connectivity index is 3.02. The summed E-state index contributed by atoms with van der Waals surface area (Å²) >= 11 is 5.82. The lowest BCUT2D eigenvalue weighted by Gasteiger charge is -2.17. The van der Waals surface area contributed by atoms with Gasteiger partial charge >= 0.3 is 0 Å². The lowest BCUT2D eigenvalue weighted by Crippen LogP contribution is -2.18. The normalized spacial score (nSPS) is 13.9.